The van der Waals surface area contributed by atoms with Gasteiger partial charge in [-0.2, -0.15) is 0 Å². The Kier molecular flexibility index (Phi) is 4.78. The van der Waals surface area contributed by atoms with Gasteiger partial charge in [0.05, 0.1) is 15.7 Å². The molecule has 0 saturated heterocycles. The molecule has 1 aliphatic carbocycles. The van der Waals surface area contributed by atoms with Crippen molar-refractivity contribution in [3.8, 4) is 0 Å². The van der Waals surface area contributed by atoms with Crippen LogP contribution >= 0.6 is 23.2 Å². The lowest BCUT2D eigenvalue weighted by atomic mass is 10.0. The first-order valence-corrected chi connectivity index (χ1v) is 7.25. The number of halogens is 2. The van der Waals surface area contributed by atoms with Gasteiger partial charge in [-0.15, -0.1) is 0 Å². The Hall–Kier alpha value is -0.970. The smallest absolute Gasteiger partial charge is 0.251 e. The molecular formula is C14H18Cl2N2O2. The van der Waals surface area contributed by atoms with Crippen LogP contribution in [0.15, 0.2) is 12.1 Å². The highest BCUT2D eigenvalue weighted by atomic mass is 35.5. The first-order valence-electron chi connectivity index (χ1n) is 6.49. The quantitative estimate of drug-likeness (QED) is 0.792. The number of carbonyl (C=O) groups excluding carboxylic acids is 1. The molecule has 0 radical (unpaired) electrons. The second kappa shape index (κ2) is 6.20. The van der Waals surface area contributed by atoms with E-state index in [9.17, 15) is 4.79 Å². The molecular weight excluding hydrogens is 299 g/mol. The standard InChI is InChI=1S/C14H18Cl2N2O2/c1-20-5-4-14(2-3-14)8-18-13(19)9-6-10(15)12(17)11(16)7-9/h6-7H,2-5,8,17H2,1H3,(H,18,19). The Bertz CT molecular complexity index is 493. The molecule has 1 saturated carbocycles. The summed E-state index contributed by atoms with van der Waals surface area (Å²) in [5.74, 6) is -0.183. The number of rotatable bonds is 6. The van der Waals surface area contributed by atoms with E-state index in [0.717, 1.165) is 25.9 Å². The highest BCUT2D eigenvalue weighted by Gasteiger charge is 2.42. The van der Waals surface area contributed by atoms with Gasteiger partial charge in [-0.3, -0.25) is 4.79 Å². The number of nitrogen functional groups attached to an aromatic ring is 1. The molecule has 110 valence electrons. The highest BCUT2D eigenvalue weighted by molar-refractivity contribution is 6.39. The Labute approximate surface area is 128 Å². The summed E-state index contributed by atoms with van der Waals surface area (Å²) >= 11 is 11.9. The minimum atomic E-state index is -0.183. The van der Waals surface area contributed by atoms with E-state index >= 15 is 0 Å². The zero-order chi connectivity index (χ0) is 14.8. The molecule has 4 nitrogen and oxygen atoms in total. The van der Waals surface area contributed by atoms with Crippen LogP contribution in [0.1, 0.15) is 29.6 Å². The zero-order valence-electron chi connectivity index (χ0n) is 11.3. The Morgan fingerprint density at radius 1 is 1.40 bits per heavy atom. The number of ether oxygens (including phenoxy) is 1. The molecule has 0 bridgehead atoms. The van der Waals surface area contributed by atoms with Gasteiger partial charge in [-0.05, 0) is 36.8 Å². The summed E-state index contributed by atoms with van der Waals surface area (Å²) in [6, 6.07) is 3.07. The molecule has 0 unspecified atom stereocenters. The molecule has 0 atom stereocenters. The first-order chi connectivity index (χ1) is 9.47. The number of benzene rings is 1. The molecule has 20 heavy (non-hydrogen) atoms. The maximum atomic E-state index is 12.1. The van der Waals surface area contributed by atoms with E-state index < -0.39 is 0 Å². The van der Waals surface area contributed by atoms with Crippen molar-refractivity contribution >= 4 is 34.8 Å². The summed E-state index contributed by atoms with van der Waals surface area (Å²) in [7, 11) is 1.69. The molecule has 0 heterocycles. The van der Waals surface area contributed by atoms with Crippen LogP contribution in [0.3, 0.4) is 0 Å². The van der Waals surface area contributed by atoms with Crippen molar-refractivity contribution in [3.05, 3.63) is 27.7 Å². The summed E-state index contributed by atoms with van der Waals surface area (Å²) in [6.07, 6.45) is 3.22. The number of hydrogen-bond donors (Lipinski definition) is 2. The number of anilines is 1. The fourth-order valence-corrected chi connectivity index (χ4v) is 2.58. The van der Waals surface area contributed by atoms with Crippen LogP contribution in [0.5, 0.6) is 0 Å². The molecule has 1 fully saturated rings. The van der Waals surface area contributed by atoms with E-state index in [2.05, 4.69) is 5.32 Å². The number of carbonyl (C=O) groups is 1. The Morgan fingerprint density at radius 3 is 2.50 bits per heavy atom. The number of methoxy groups -OCH3 is 1. The van der Waals surface area contributed by atoms with E-state index in [0.29, 0.717) is 27.8 Å². The molecule has 1 aromatic rings. The molecule has 1 aromatic carbocycles. The second-order valence-corrected chi connectivity index (χ2v) is 6.09. The summed E-state index contributed by atoms with van der Waals surface area (Å²) < 4.78 is 5.09. The predicted octanol–water partition coefficient (Wildman–Crippen LogP) is 3.12. The molecule has 0 aliphatic heterocycles. The van der Waals surface area contributed by atoms with Gasteiger partial charge in [0, 0.05) is 25.8 Å². The Morgan fingerprint density at radius 2 is 2.00 bits per heavy atom. The van der Waals surface area contributed by atoms with Crippen molar-refractivity contribution < 1.29 is 9.53 Å². The van der Waals surface area contributed by atoms with Gasteiger partial charge >= 0.3 is 0 Å². The molecule has 1 aliphatic rings. The Balaban J connectivity index is 1.96. The van der Waals surface area contributed by atoms with Gasteiger partial charge in [0.2, 0.25) is 0 Å². The number of nitrogens with one attached hydrogen (secondary N) is 1. The molecule has 0 spiro atoms. The van der Waals surface area contributed by atoms with Crippen LogP contribution in [-0.2, 0) is 4.74 Å². The fraction of sp³-hybridized carbons (Fsp3) is 0.500. The van der Waals surface area contributed by atoms with Crippen molar-refractivity contribution in [1.29, 1.82) is 0 Å². The lowest BCUT2D eigenvalue weighted by molar-refractivity contribution is 0.0938. The third kappa shape index (κ3) is 3.57. The van der Waals surface area contributed by atoms with E-state index in [1.165, 1.54) is 12.1 Å². The molecule has 0 aromatic heterocycles. The minimum absolute atomic E-state index is 0.183. The van der Waals surface area contributed by atoms with Crippen LogP contribution in [0.4, 0.5) is 5.69 Å². The van der Waals surface area contributed by atoms with Crippen molar-refractivity contribution in [1.82, 2.24) is 5.32 Å². The van der Waals surface area contributed by atoms with Crippen LogP contribution < -0.4 is 11.1 Å². The lowest BCUT2D eigenvalue weighted by Crippen LogP contribution is -2.30. The maximum Gasteiger partial charge on any atom is 0.251 e. The van der Waals surface area contributed by atoms with Crippen LogP contribution in [0.2, 0.25) is 10.0 Å². The third-order valence-electron chi connectivity index (χ3n) is 3.76. The first kappa shape index (κ1) is 15.4. The number of nitrogens with two attached hydrogens (primary N) is 1. The van der Waals surface area contributed by atoms with Crippen molar-refractivity contribution in [2.24, 2.45) is 5.41 Å². The fourth-order valence-electron chi connectivity index (χ4n) is 2.10. The molecule has 1 amide bonds. The van der Waals surface area contributed by atoms with Crippen molar-refractivity contribution in [2.45, 2.75) is 19.3 Å². The van der Waals surface area contributed by atoms with E-state index in [4.69, 9.17) is 33.7 Å². The average Bonchev–Trinajstić information content (AvgIpc) is 3.20. The average molecular weight is 317 g/mol. The maximum absolute atomic E-state index is 12.1. The van der Waals surface area contributed by atoms with Crippen LogP contribution in [0.25, 0.3) is 0 Å². The van der Waals surface area contributed by atoms with E-state index in [-0.39, 0.29) is 11.3 Å². The monoisotopic (exact) mass is 316 g/mol. The van der Waals surface area contributed by atoms with Crippen LogP contribution in [-0.4, -0.2) is 26.2 Å². The third-order valence-corrected chi connectivity index (χ3v) is 4.38. The summed E-state index contributed by atoms with van der Waals surface area (Å²) in [5.41, 5.74) is 6.57. The topological polar surface area (TPSA) is 64.3 Å². The van der Waals surface area contributed by atoms with Gasteiger partial charge < -0.3 is 15.8 Å². The normalized spacial score (nSPS) is 15.9. The van der Waals surface area contributed by atoms with Gasteiger partial charge in [0.15, 0.2) is 0 Å². The van der Waals surface area contributed by atoms with Gasteiger partial charge in [-0.25, -0.2) is 0 Å². The van der Waals surface area contributed by atoms with Gasteiger partial charge in [0.25, 0.3) is 5.91 Å². The van der Waals surface area contributed by atoms with Crippen LogP contribution in [0, 0.1) is 5.41 Å². The SMILES string of the molecule is COCCC1(CNC(=O)c2cc(Cl)c(N)c(Cl)c2)CC1. The number of hydrogen-bond acceptors (Lipinski definition) is 3. The van der Waals surface area contributed by atoms with E-state index in [1.54, 1.807) is 7.11 Å². The molecule has 6 heteroatoms. The highest BCUT2D eigenvalue weighted by Crippen LogP contribution is 2.48. The number of amides is 1. The van der Waals surface area contributed by atoms with Crippen molar-refractivity contribution in [2.75, 3.05) is 26.0 Å². The van der Waals surface area contributed by atoms with Crippen molar-refractivity contribution in [3.63, 3.8) is 0 Å². The van der Waals surface area contributed by atoms with Gasteiger partial charge in [-0.1, -0.05) is 23.2 Å². The zero-order valence-corrected chi connectivity index (χ0v) is 12.9. The summed E-state index contributed by atoms with van der Waals surface area (Å²) in [4.78, 5) is 12.1. The summed E-state index contributed by atoms with van der Waals surface area (Å²) in [5, 5.41) is 3.52. The molecule has 3 N–H and O–H groups in total. The lowest BCUT2D eigenvalue weighted by Gasteiger charge is -2.15. The van der Waals surface area contributed by atoms with Gasteiger partial charge in [0.1, 0.15) is 0 Å². The minimum Gasteiger partial charge on any atom is -0.396 e. The molecule has 2 rings (SSSR count). The van der Waals surface area contributed by atoms with E-state index in [1.807, 2.05) is 0 Å². The predicted molar refractivity (Wildman–Crippen MR) is 81.4 cm³/mol. The second-order valence-electron chi connectivity index (χ2n) is 5.28. The summed E-state index contributed by atoms with van der Waals surface area (Å²) in [6.45, 7) is 1.37. The largest absolute Gasteiger partial charge is 0.396 e.